The van der Waals surface area contributed by atoms with Crippen LogP contribution in [0.25, 0.3) is 0 Å². The van der Waals surface area contributed by atoms with Gasteiger partial charge >= 0.3 is 0 Å². The fourth-order valence-electron chi connectivity index (χ4n) is 1.32. The Balaban J connectivity index is 4.42. The van der Waals surface area contributed by atoms with Crippen molar-refractivity contribution in [3.05, 3.63) is 0 Å². The van der Waals surface area contributed by atoms with E-state index in [1.54, 1.807) is 6.92 Å². The molecule has 0 fully saturated rings. The quantitative estimate of drug-likeness (QED) is 0.593. The molecule has 0 radical (unpaired) electrons. The number of carboxylic acid groups (broad SMARTS) is 1. The van der Waals surface area contributed by atoms with E-state index in [2.05, 4.69) is 5.32 Å². The van der Waals surface area contributed by atoms with Gasteiger partial charge in [0.15, 0.2) is 6.54 Å². The fourth-order valence-corrected chi connectivity index (χ4v) is 1.32. The lowest BCUT2D eigenvalue weighted by Gasteiger charge is -2.28. The molecule has 5 heteroatoms. The molecule has 0 aliphatic heterocycles. The second-order valence-corrected chi connectivity index (χ2v) is 5.20. The van der Waals surface area contributed by atoms with Crippen molar-refractivity contribution in [3.63, 3.8) is 0 Å². The van der Waals surface area contributed by atoms with E-state index in [4.69, 9.17) is 0 Å². The highest BCUT2D eigenvalue weighted by atomic mass is 16.4. The molecule has 0 saturated heterocycles. The zero-order valence-corrected chi connectivity index (χ0v) is 10.7. The number of aliphatic carboxylic acids is 1. The molecule has 0 aromatic rings. The van der Waals surface area contributed by atoms with Crippen molar-refractivity contribution in [2.45, 2.75) is 26.3 Å². The summed E-state index contributed by atoms with van der Waals surface area (Å²) in [6.45, 7) is 3.92. The van der Waals surface area contributed by atoms with Gasteiger partial charge in [0.1, 0.15) is 0 Å². The number of carbonyl (C=O) groups is 2. The fraction of sp³-hybridized carbons (Fsp3) is 0.818. The predicted octanol–water partition coefficient (Wildman–Crippen LogP) is -1.03. The van der Waals surface area contributed by atoms with E-state index >= 15 is 0 Å². The minimum absolute atomic E-state index is 0.124. The Morgan fingerprint density at radius 3 is 2.12 bits per heavy atom. The topological polar surface area (TPSA) is 69.2 Å². The van der Waals surface area contributed by atoms with E-state index in [1.165, 1.54) is 0 Å². The largest absolute Gasteiger partial charge is 0.548 e. The number of quaternary nitrogens is 1. The summed E-state index contributed by atoms with van der Waals surface area (Å²) in [4.78, 5) is 22.4. The van der Waals surface area contributed by atoms with Gasteiger partial charge in [-0.05, 0) is 5.92 Å². The lowest BCUT2D eigenvalue weighted by molar-refractivity contribution is -0.862. The van der Waals surface area contributed by atoms with E-state index in [-0.39, 0.29) is 18.4 Å². The minimum atomic E-state index is -1.22. The summed E-state index contributed by atoms with van der Waals surface area (Å²) in [5, 5.41) is 13.4. The molecular formula is C11H22N2O3. The predicted molar refractivity (Wildman–Crippen MR) is 59.3 cm³/mol. The van der Waals surface area contributed by atoms with Gasteiger partial charge in [0.05, 0.1) is 33.2 Å². The number of carboxylic acids is 1. The van der Waals surface area contributed by atoms with Crippen LogP contribution in [-0.4, -0.2) is 50.1 Å². The molecule has 0 spiro atoms. The van der Waals surface area contributed by atoms with Crippen LogP contribution >= 0.6 is 0 Å². The van der Waals surface area contributed by atoms with Crippen LogP contribution in [0, 0.1) is 5.92 Å². The smallest absolute Gasteiger partial charge is 0.275 e. The van der Waals surface area contributed by atoms with Crippen molar-refractivity contribution in [2.24, 2.45) is 5.92 Å². The number of amides is 1. The third kappa shape index (κ3) is 5.70. The van der Waals surface area contributed by atoms with Crippen LogP contribution in [0.3, 0.4) is 0 Å². The second kappa shape index (κ2) is 5.84. The molecule has 0 unspecified atom stereocenters. The van der Waals surface area contributed by atoms with Crippen molar-refractivity contribution < 1.29 is 19.2 Å². The van der Waals surface area contributed by atoms with Crippen LogP contribution < -0.4 is 10.4 Å². The number of hydrogen-bond acceptors (Lipinski definition) is 3. The van der Waals surface area contributed by atoms with Gasteiger partial charge in [-0.1, -0.05) is 20.3 Å². The average Bonchev–Trinajstić information content (AvgIpc) is 2.09. The van der Waals surface area contributed by atoms with Crippen molar-refractivity contribution in [2.75, 3.05) is 27.7 Å². The summed E-state index contributed by atoms with van der Waals surface area (Å²) in [5.41, 5.74) is 0. The molecule has 0 aliphatic carbocycles. The summed E-state index contributed by atoms with van der Waals surface area (Å²) < 4.78 is 0.464. The van der Waals surface area contributed by atoms with Crippen LogP contribution in [0.2, 0.25) is 0 Å². The van der Waals surface area contributed by atoms with Gasteiger partial charge in [0, 0.05) is 0 Å². The molecule has 0 aromatic carbocycles. The highest BCUT2D eigenvalue weighted by molar-refractivity contribution is 5.83. The standard InChI is InChI=1S/C11H22N2O3/c1-6-8(2)10(11(15)16)12-9(14)7-13(3,4)5/h8,10H,6-7H2,1-5H3,(H-,12,14,15,16)/t8-,10-/m0/s1. The Kier molecular flexibility index (Phi) is 5.44. The maximum absolute atomic E-state index is 11.6. The van der Waals surface area contributed by atoms with Gasteiger partial charge in [-0.25, -0.2) is 0 Å². The lowest BCUT2D eigenvalue weighted by atomic mass is 9.99. The summed E-state index contributed by atoms with van der Waals surface area (Å²) in [5.74, 6) is -1.60. The monoisotopic (exact) mass is 230 g/mol. The lowest BCUT2D eigenvalue weighted by Crippen LogP contribution is -2.54. The number of carbonyl (C=O) groups excluding carboxylic acids is 2. The highest BCUT2D eigenvalue weighted by Gasteiger charge is 2.22. The molecular weight excluding hydrogens is 208 g/mol. The van der Waals surface area contributed by atoms with Gasteiger partial charge in [-0.3, -0.25) is 4.79 Å². The van der Waals surface area contributed by atoms with Gasteiger partial charge in [0.2, 0.25) is 0 Å². The highest BCUT2D eigenvalue weighted by Crippen LogP contribution is 2.07. The van der Waals surface area contributed by atoms with E-state index in [9.17, 15) is 14.7 Å². The average molecular weight is 230 g/mol. The summed E-state index contributed by atoms with van der Waals surface area (Å²) >= 11 is 0. The molecule has 1 amide bonds. The number of rotatable bonds is 6. The third-order valence-corrected chi connectivity index (χ3v) is 2.40. The summed E-state index contributed by atoms with van der Waals surface area (Å²) in [6.07, 6.45) is 0.684. The van der Waals surface area contributed by atoms with Crippen LogP contribution in [0.5, 0.6) is 0 Å². The molecule has 0 saturated carbocycles. The van der Waals surface area contributed by atoms with Crippen molar-refractivity contribution in [1.82, 2.24) is 5.32 Å². The molecule has 1 N–H and O–H groups in total. The third-order valence-electron chi connectivity index (χ3n) is 2.40. The first-order valence-corrected chi connectivity index (χ1v) is 5.48. The van der Waals surface area contributed by atoms with Crippen LogP contribution in [0.15, 0.2) is 0 Å². The molecule has 0 aliphatic rings. The van der Waals surface area contributed by atoms with Gasteiger partial charge in [-0.15, -0.1) is 0 Å². The van der Waals surface area contributed by atoms with E-state index in [0.29, 0.717) is 10.9 Å². The van der Waals surface area contributed by atoms with E-state index in [1.807, 2.05) is 28.1 Å². The Bertz CT molecular complexity index is 258. The Labute approximate surface area is 97.0 Å². The SMILES string of the molecule is CC[C@H](C)[C@H](NC(=O)C[N+](C)(C)C)C(=O)[O-]. The molecule has 2 atom stereocenters. The van der Waals surface area contributed by atoms with Crippen molar-refractivity contribution in [3.8, 4) is 0 Å². The molecule has 0 bridgehead atoms. The maximum Gasteiger partial charge on any atom is 0.275 e. The number of hydrogen-bond donors (Lipinski definition) is 1. The Morgan fingerprint density at radius 1 is 1.31 bits per heavy atom. The first kappa shape index (κ1) is 14.9. The summed E-state index contributed by atoms with van der Waals surface area (Å²) in [7, 11) is 5.62. The number of likely N-dealkylation sites (N-methyl/N-ethyl adjacent to an activating group) is 1. The first-order valence-electron chi connectivity index (χ1n) is 5.48. The van der Waals surface area contributed by atoms with E-state index < -0.39 is 12.0 Å². The molecule has 94 valence electrons. The first-order chi connectivity index (χ1) is 7.17. The molecule has 5 nitrogen and oxygen atoms in total. The zero-order chi connectivity index (χ0) is 12.9. The second-order valence-electron chi connectivity index (χ2n) is 5.20. The van der Waals surface area contributed by atoms with Crippen molar-refractivity contribution in [1.29, 1.82) is 0 Å². The minimum Gasteiger partial charge on any atom is -0.548 e. The van der Waals surface area contributed by atoms with E-state index in [0.717, 1.165) is 0 Å². The molecule has 0 aromatic heterocycles. The van der Waals surface area contributed by atoms with Gasteiger partial charge < -0.3 is 19.7 Å². The van der Waals surface area contributed by atoms with Gasteiger partial charge in [0.25, 0.3) is 5.91 Å². The van der Waals surface area contributed by atoms with Crippen LogP contribution in [0.4, 0.5) is 0 Å². The normalized spacial score (nSPS) is 15.3. The maximum atomic E-state index is 11.6. The molecule has 0 rings (SSSR count). The molecule has 0 heterocycles. The van der Waals surface area contributed by atoms with Crippen molar-refractivity contribution >= 4 is 11.9 Å². The number of nitrogens with one attached hydrogen (secondary N) is 1. The Hall–Kier alpha value is -1.10. The van der Waals surface area contributed by atoms with Crippen LogP contribution in [-0.2, 0) is 9.59 Å². The van der Waals surface area contributed by atoms with Gasteiger partial charge in [-0.2, -0.15) is 0 Å². The molecule has 16 heavy (non-hydrogen) atoms. The van der Waals surface area contributed by atoms with Crippen LogP contribution in [0.1, 0.15) is 20.3 Å². The Morgan fingerprint density at radius 2 is 1.81 bits per heavy atom. The summed E-state index contributed by atoms with van der Waals surface area (Å²) in [6, 6.07) is -0.899. The zero-order valence-electron chi connectivity index (χ0n) is 10.7. The number of nitrogens with zero attached hydrogens (tertiary/aromatic N) is 1.